The van der Waals surface area contributed by atoms with Crippen molar-refractivity contribution in [3.8, 4) is 0 Å². The van der Waals surface area contributed by atoms with Crippen LogP contribution in [0.4, 0.5) is 0 Å². The molecule has 4 nitrogen and oxygen atoms in total. The fourth-order valence-electron chi connectivity index (χ4n) is 1.46. The fraction of sp³-hybridized carbons (Fsp3) is 0.538. The van der Waals surface area contributed by atoms with Crippen molar-refractivity contribution in [3.63, 3.8) is 0 Å². The van der Waals surface area contributed by atoms with Crippen molar-refractivity contribution < 1.29 is 8.42 Å². The van der Waals surface area contributed by atoms with E-state index in [1.54, 1.807) is 12.1 Å². The molecule has 0 aliphatic carbocycles. The third kappa shape index (κ3) is 4.08. The summed E-state index contributed by atoms with van der Waals surface area (Å²) in [5, 5.41) is 3.11. The van der Waals surface area contributed by atoms with Crippen molar-refractivity contribution in [3.05, 3.63) is 29.8 Å². The molecule has 0 saturated heterocycles. The second kappa shape index (κ2) is 6.31. The van der Waals surface area contributed by atoms with Gasteiger partial charge in [0.15, 0.2) is 0 Å². The van der Waals surface area contributed by atoms with Gasteiger partial charge in [0.05, 0.1) is 4.90 Å². The number of sulfonamides is 1. The summed E-state index contributed by atoms with van der Waals surface area (Å²) >= 11 is 0. The van der Waals surface area contributed by atoms with E-state index in [-0.39, 0.29) is 6.04 Å². The highest BCUT2D eigenvalue weighted by Gasteiger charge is 2.14. The van der Waals surface area contributed by atoms with E-state index in [1.165, 1.54) is 0 Å². The molecule has 0 aliphatic heterocycles. The minimum atomic E-state index is -3.37. The second-order valence-corrected chi connectivity index (χ2v) is 6.59. The van der Waals surface area contributed by atoms with Gasteiger partial charge < -0.3 is 5.32 Å². The molecule has 0 amide bonds. The fourth-order valence-corrected chi connectivity index (χ4v) is 2.68. The number of benzene rings is 1. The molecule has 0 spiro atoms. The monoisotopic (exact) mass is 270 g/mol. The smallest absolute Gasteiger partial charge is 0.240 e. The third-order valence-corrected chi connectivity index (χ3v) is 4.24. The van der Waals surface area contributed by atoms with Crippen LogP contribution >= 0.6 is 0 Å². The summed E-state index contributed by atoms with van der Waals surface area (Å²) in [7, 11) is -1.50. The van der Waals surface area contributed by atoms with Gasteiger partial charge in [-0.3, -0.25) is 0 Å². The summed E-state index contributed by atoms with van der Waals surface area (Å²) in [4.78, 5) is 0.315. The Bertz CT molecular complexity index is 466. The largest absolute Gasteiger partial charge is 0.313 e. The van der Waals surface area contributed by atoms with Gasteiger partial charge in [0.1, 0.15) is 0 Å². The van der Waals surface area contributed by atoms with Gasteiger partial charge in [-0.05, 0) is 37.6 Å². The first-order chi connectivity index (χ1) is 8.36. The van der Waals surface area contributed by atoms with Crippen LogP contribution in [0.25, 0.3) is 0 Å². The summed E-state index contributed by atoms with van der Waals surface area (Å²) in [5.41, 5.74) is 1.07. The molecular formula is C13H22N2O2S. The van der Waals surface area contributed by atoms with Gasteiger partial charge in [0.2, 0.25) is 10.0 Å². The van der Waals surface area contributed by atoms with Crippen LogP contribution in [0, 0.1) is 5.92 Å². The average molecular weight is 270 g/mol. The lowest BCUT2D eigenvalue weighted by molar-refractivity contribution is 0.560. The summed E-state index contributed by atoms with van der Waals surface area (Å²) in [6.07, 6.45) is 0. The van der Waals surface area contributed by atoms with E-state index in [9.17, 15) is 8.42 Å². The molecule has 0 saturated carbocycles. The molecule has 18 heavy (non-hydrogen) atoms. The third-order valence-electron chi connectivity index (χ3n) is 2.81. The summed E-state index contributed by atoms with van der Waals surface area (Å²) in [6, 6.07) is 7.18. The molecule has 1 unspecified atom stereocenters. The van der Waals surface area contributed by atoms with Crippen molar-refractivity contribution in [2.75, 3.05) is 13.6 Å². The van der Waals surface area contributed by atoms with Crippen molar-refractivity contribution in [1.29, 1.82) is 0 Å². The van der Waals surface area contributed by atoms with Gasteiger partial charge in [-0.2, -0.15) is 0 Å². The zero-order chi connectivity index (χ0) is 13.8. The highest BCUT2D eigenvalue weighted by Crippen LogP contribution is 2.15. The summed E-state index contributed by atoms with van der Waals surface area (Å²) in [5.74, 6) is 0.295. The second-order valence-electron chi connectivity index (χ2n) is 4.83. The van der Waals surface area contributed by atoms with E-state index in [1.807, 2.05) is 40.0 Å². The van der Waals surface area contributed by atoms with E-state index in [0.29, 0.717) is 17.4 Å². The van der Waals surface area contributed by atoms with E-state index >= 15 is 0 Å². The number of rotatable bonds is 6. The Morgan fingerprint density at radius 3 is 2.11 bits per heavy atom. The SMILES string of the molecule is CNC(C)c1ccc(S(=O)(=O)NCC(C)C)cc1. The Kier molecular flexibility index (Phi) is 5.31. The van der Waals surface area contributed by atoms with Crippen LogP contribution in [-0.4, -0.2) is 22.0 Å². The lowest BCUT2D eigenvalue weighted by Gasteiger charge is -2.12. The molecule has 1 rings (SSSR count). The molecule has 2 N–H and O–H groups in total. The lowest BCUT2D eigenvalue weighted by Crippen LogP contribution is -2.27. The maximum absolute atomic E-state index is 12.0. The highest BCUT2D eigenvalue weighted by molar-refractivity contribution is 7.89. The topological polar surface area (TPSA) is 58.2 Å². The Hall–Kier alpha value is -0.910. The summed E-state index contributed by atoms with van der Waals surface area (Å²) < 4.78 is 26.5. The molecule has 5 heteroatoms. The Balaban J connectivity index is 2.84. The first-order valence-corrected chi connectivity index (χ1v) is 7.62. The molecule has 0 radical (unpaired) electrons. The molecule has 0 aromatic heterocycles. The normalized spacial score (nSPS) is 13.8. The zero-order valence-electron chi connectivity index (χ0n) is 11.4. The molecule has 102 valence electrons. The molecule has 1 atom stereocenters. The van der Waals surface area contributed by atoms with E-state index in [4.69, 9.17) is 0 Å². The lowest BCUT2D eigenvalue weighted by atomic mass is 10.1. The minimum absolute atomic E-state index is 0.213. The maximum Gasteiger partial charge on any atom is 0.240 e. The van der Waals surface area contributed by atoms with Crippen molar-refractivity contribution >= 4 is 10.0 Å². The Labute approximate surface area is 110 Å². The van der Waals surface area contributed by atoms with Crippen LogP contribution in [-0.2, 0) is 10.0 Å². The molecule has 0 bridgehead atoms. The average Bonchev–Trinajstić information content (AvgIpc) is 2.36. The van der Waals surface area contributed by atoms with Crippen molar-refractivity contribution in [2.24, 2.45) is 5.92 Å². The number of hydrogen-bond donors (Lipinski definition) is 2. The van der Waals surface area contributed by atoms with Gasteiger partial charge in [0, 0.05) is 12.6 Å². The molecule has 1 aromatic carbocycles. The number of hydrogen-bond acceptors (Lipinski definition) is 3. The predicted octanol–water partition coefficient (Wildman–Crippen LogP) is 1.90. The van der Waals surface area contributed by atoms with E-state index < -0.39 is 10.0 Å². The highest BCUT2D eigenvalue weighted by atomic mass is 32.2. The molecule has 0 aliphatic rings. The molecule has 0 fully saturated rings. The first-order valence-electron chi connectivity index (χ1n) is 6.13. The number of nitrogens with one attached hydrogen (secondary N) is 2. The zero-order valence-corrected chi connectivity index (χ0v) is 12.2. The van der Waals surface area contributed by atoms with Crippen LogP contribution in [0.5, 0.6) is 0 Å². The van der Waals surface area contributed by atoms with Crippen LogP contribution in [0.3, 0.4) is 0 Å². The maximum atomic E-state index is 12.0. The Morgan fingerprint density at radius 1 is 1.11 bits per heavy atom. The van der Waals surface area contributed by atoms with Gasteiger partial charge >= 0.3 is 0 Å². The van der Waals surface area contributed by atoms with Gasteiger partial charge in [-0.25, -0.2) is 13.1 Å². The standard InChI is InChI=1S/C13H22N2O2S/c1-10(2)9-15-18(16,17)13-7-5-12(6-8-13)11(3)14-4/h5-8,10-11,14-15H,9H2,1-4H3. The Morgan fingerprint density at radius 2 is 1.67 bits per heavy atom. The molecule has 1 aromatic rings. The van der Waals surface area contributed by atoms with Crippen molar-refractivity contribution in [2.45, 2.75) is 31.7 Å². The van der Waals surface area contributed by atoms with Crippen molar-refractivity contribution in [1.82, 2.24) is 10.0 Å². The van der Waals surface area contributed by atoms with Crippen LogP contribution in [0.15, 0.2) is 29.2 Å². The van der Waals surface area contributed by atoms with E-state index in [2.05, 4.69) is 10.0 Å². The van der Waals surface area contributed by atoms with E-state index in [0.717, 1.165) is 5.56 Å². The van der Waals surface area contributed by atoms with Gasteiger partial charge in [-0.15, -0.1) is 0 Å². The minimum Gasteiger partial charge on any atom is -0.313 e. The quantitative estimate of drug-likeness (QED) is 0.830. The molecule has 0 heterocycles. The predicted molar refractivity (Wildman–Crippen MR) is 73.9 cm³/mol. The van der Waals surface area contributed by atoms with Crippen LogP contribution in [0.2, 0.25) is 0 Å². The summed E-state index contributed by atoms with van der Waals surface area (Å²) in [6.45, 7) is 6.43. The molecular weight excluding hydrogens is 248 g/mol. The van der Waals surface area contributed by atoms with Crippen LogP contribution in [0.1, 0.15) is 32.4 Å². The van der Waals surface area contributed by atoms with Gasteiger partial charge in [0.25, 0.3) is 0 Å². The van der Waals surface area contributed by atoms with Crippen LogP contribution < -0.4 is 10.0 Å². The van der Waals surface area contributed by atoms with Gasteiger partial charge in [-0.1, -0.05) is 26.0 Å². The first kappa shape index (κ1) is 15.1.